The molecule has 0 aromatic heterocycles. The monoisotopic (exact) mass is 236 g/mol. The molecule has 1 atom stereocenters. The second-order valence-electron chi connectivity index (χ2n) is 2.92. The van der Waals surface area contributed by atoms with E-state index in [1.54, 1.807) is 0 Å². The number of carbonyl (C=O) groups excluding carboxylic acids is 1. The third-order valence-corrected chi connectivity index (χ3v) is 1.72. The number of halogens is 1. The van der Waals surface area contributed by atoms with Crippen molar-refractivity contribution < 1.29 is 9.53 Å². The Kier molecular flexibility index (Phi) is 7.56. The van der Waals surface area contributed by atoms with Crippen LogP contribution >= 0.6 is 15.9 Å². The average Bonchev–Trinajstić information content (AvgIpc) is 2.01. The Hall–Kier alpha value is -0.0500. The summed E-state index contributed by atoms with van der Waals surface area (Å²) >= 11 is 3.31. The summed E-state index contributed by atoms with van der Waals surface area (Å²) in [4.78, 5) is 11.2. The van der Waals surface area contributed by atoms with Gasteiger partial charge in [-0.15, -0.1) is 0 Å². The summed E-state index contributed by atoms with van der Waals surface area (Å²) in [6.45, 7) is 4.55. The van der Waals surface area contributed by atoms with E-state index in [2.05, 4.69) is 22.9 Å². The van der Waals surface area contributed by atoms with E-state index in [0.29, 0.717) is 13.0 Å². The van der Waals surface area contributed by atoms with Gasteiger partial charge in [0.15, 0.2) is 0 Å². The molecule has 0 aliphatic rings. The summed E-state index contributed by atoms with van der Waals surface area (Å²) in [7, 11) is 0. The van der Waals surface area contributed by atoms with Gasteiger partial charge < -0.3 is 4.74 Å². The van der Waals surface area contributed by atoms with E-state index in [0.717, 1.165) is 19.3 Å². The normalized spacial score (nSPS) is 12.6. The minimum absolute atomic E-state index is 0.0743. The molecule has 0 bridgehead atoms. The van der Waals surface area contributed by atoms with Gasteiger partial charge in [-0.25, -0.2) is 0 Å². The topological polar surface area (TPSA) is 26.3 Å². The highest BCUT2D eigenvalue weighted by molar-refractivity contribution is 9.09. The highest BCUT2D eigenvalue weighted by Gasteiger charge is 2.03. The number of esters is 1. The maximum absolute atomic E-state index is 11.0. The minimum Gasteiger partial charge on any atom is -0.464 e. The predicted molar refractivity (Wildman–Crippen MR) is 53.5 cm³/mol. The van der Waals surface area contributed by atoms with Gasteiger partial charge in [-0.05, 0) is 13.3 Å². The van der Waals surface area contributed by atoms with E-state index in [4.69, 9.17) is 4.74 Å². The van der Waals surface area contributed by atoms with E-state index >= 15 is 0 Å². The molecule has 0 amide bonds. The van der Waals surface area contributed by atoms with Gasteiger partial charge >= 0.3 is 5.97 Å². The quantitative estimate of drug-likeness (QED) is 0.403. The van der Waals surface area contributed by atoms with E-state index in [1.165, 1.54) is 0 Å². The van der Waals surface area contributed by atoms with Crippen LogP contribution in [0, 0.1) is 0 Å². The fourth-order valence-electron chi connectivity index (χ4n) is 0.799. The van der Waals surface area contributed by atoms with Crippen LogP contribution in [-0.2, 0) is 9.53 Å². The number of hydrogen-bond acceptors (Lipinski definition) is 2. The number of ether oxygens (including phenoxy) is 1. The van der Waals surface area contributed by atoms with Crippen molar-refractivity contribution in [1.82, 2.24) is 0 Å². The largest absolute Gasteiger partial charge is 0.464 e. The number of rotatable bonds is 6. The van der Waals surface area contributed by atoms with Gasteiger partial charge in [0.2, 0.25) is 0 Å². The first-order valence-corrected chi connectivity index (χ1v) is 5.38. The van der Waals surface area contributed by atoms with E-state index in [9.17, 15) is 4.79 Å². The SMILES string of the molecule is CCCCCC(=O)OCC(C)Br. The fraction of sp³-hybridized carbons (Fsp3) is 0.889. The molecule has 0 aliphatic carbocycles. The summed E-state index contributed by atoms with van der Waals surface area (Å²) in [5.74, 6) is -0.0743. The molecule has 0 aliphatic heterocycles. The molecule has 72 valence electrons. The molecular weight excluding hydrogens is 220 g/mol. The average molecular weight is 237 g/mol. The Morgan fingerprint density at radius 1 is 1.50 bits per heavy atom. The van der Waals surface area contributed by atoms with Gasteiger partial charge in [-0.3, -0.25) is 4.79 Å². The van der Waals surface area contributed by atoms with Crippen LogP contribution in [0.15, 0.2) is 0 Å². The fourth-order valence-corrected chi connectivity index (χ4v) is 0.931. The van der Waals surface area contributed by atoms with Crippen LogP contribution < -0.4 is 0 Å². The van der Waals surface area contributed by atoms with Crippen molar-refractivity contribution in [3.8, 4) is 0 Å². The molecule has 0 aromatic carbocycles. The van der Waals surface area contributed by atoms with Crippen LogP contribution in [0.1, 0.15) is 39.5 Å². The molecule has 0 N–H and O–H groups in total. The lowest BCUT2D eigenvalue weighted by Crippen LogP contribution is -2.10. The lowest BCUT2D eigenvalue weighted by molar-refractivity contribution is -0.143. The van der Waals surface area contributed by atoms with Crippen LogP contribution in [0.2, 0.25) is 0 Å². The zero-order valence-electron chi connectivity index (χ0n) is 7.81. The van der Waals surface area contributed by atoms with E-state index in [-0.39, 0.29) is 10.8 Å². The highest BCUT2D eigenvalue weighted by atomic mass is 79.9. The lowest BCUT2D eigenvalue weighted by Gasteiger charge is -2.05. The van der Waals surface area contributed by atoms with Crippen molar-refractivity contribution in [3.05, 3.63) is 0 Å². The Morgan fingerprint density at radius 3 is 2.67 bits per heavy atom. The van der Waals surface area contributed by atoms with Crippen LogP contribution in [0.3, 0.4) is 0 Å². The summed E-state index contributed by atoms with van der Waals surface area (Å²) in [6.07, 6.45) is 3.76. The molecular formula is C9H17BrO2. The van der Waals surface area contributed by atoms with Crippen molar-refractivity contribution in [1.29, 1.82) is 0 Å². The van der Waals surface area contributed by atoms with Gasteiger partial charge in [0, 0.05) is 11.2 Å². The lowest BCUT2D eigenvalue weighted by atomic mass is 10.2. The molecule has 2 nitrogen and oxygen atoms in total. The molecule has 0 aromatic rings. The first-order valence-electron chi connectivity index (χ1n) is 4.46. The third-order valence-electron chi connectivity index (χ3n) is 1.46. The second-order valence-corrected chi connectivity index (χ2v) is 4.48. The molecule has 0 rings (SSSR count). The summed E-state index contributed by atoms with van der Waals surface area (Å²) in [6, 6.07) is 0. The zero-order chi connectivity index (χ0) is 9.40. The smallest absolute Gasteiger partial charge is 0.305 e. The first-order chi connectivity index (χ1) is 5.66. The van der Waals surface area contributed by atoms with Crippen molar-refractivity contribution in [2.24, 2.45) is 0 Å². The summed E-state index contributed by atoms with van der Waals surface area (Å²) in [5, 5.41) is 0. The summed E-state index contributed by atoms with van der Waals surface area (Å²) in [5.41, 5.74) is 0. The first kappa shape index (κ1) is 11.9. The molecule has 0 saturated carbocycles. The van der Waals surface area contributed by atoms with Crippen molar-refractivity contribution in [3.63, 3.8) is 0 Å². The maximum atomic E-state index is 11.0. The van der Waals surface area contributed by atoms with Gasteiger partial charge in [-0.2, -0.15) is 0 Å². The highest BCUT2D eigenvalue weighted by Crippen LogP contribution is 2.03. The predicted octanol–water partition coefficient (Wildman–Crippen LogP) is 2.89. The Morgan fingerprint density at radius 2 is 2.17 bits per heavy atom. The van der Waals surface area contributed by atoms with E-state index in [1.807, 2.05) is 6.92 Å². The maximum Gasteiger partial charge on any atom is 0.305 e. The Bertz CT molecular complexity index is 124. The zero-order valence-corrected chi connectivity index (χ0v) is 9.39. The van der Waals surface area contributed by atoms with Gasteiger partial charge in [-0.1, -0.05) is 35.7 Å². The Balaban J connectivity index is 3.22. The van der Waals surface area contributed by atoms with E-state index < -0.39 is 0 Å². The van der Waals surface area contributed by atoms with Crippen LogP contribution in [0.25, 0.3) is 0 Å². The number of hydrogen-bond donors (Lipinski definition) is 0. The third kappa shape index (κ3) is 8.05. The summed E-state index contributed by atoms with van der Waals surface area (Å²) < 4.78 is 4.96. The molecule has 0 radical (unpaired) electrons. The minimum atomic E-state index is -0.0743. The van der Waals surface area contributed by atoms with Crippen LogP contribution in [0.5, 0.6) is 0 Å². The molecule has 1 unspecified atom stereocenters. The molecule has 0 fully saturated rings. The number of carbonyl (C=O) groups is 1. The number of alkyl halides is 1. The van der Waals surface area contributed by atoms with Gasteiger partial charge in [0.05, 0.1) is 0 Å². The molecule has 3 heteroatoms. The van der Waals surface area contributed by atoms with Crippen LogP contribution in [0.4, 0.5) is 0 Å². The van der Waals surface area contributed by atoms with Crippen molar-refractivity contribution in [2.75, 3.05) is 6.61 Å². The molecule has 12 heavy (non-hydrogen) atoms. The van der Waals surface area contributed by atoms with Crippen molar-refractivity contribution >= 4 is 21.9 Å². The molecule has 0 saturated heterocycles. The molecule has 0 heterocycles. The number of unbranched alkanes of at least 4 members (excludes halogenated alkanes) is 2. The second kappa shape index (κ2) is 7.59. The molecule has 0 spiro atoms. The van der Waals surface area contributed by atoms with Crippen LogP contribution in [-0.4, -0.2) is 17.4 Å². The van der Waals surface area contributed by atoms with Gasteiger partial charge in [0.1, 0.15) is 6.61 Å². The standard InChI is InChI=1S/C9H17BrO2/c1-3-4-5-6-9(11)12-7-8(2)10/h8H,3-7H2,1-2H3. The van der Waals surface area contributed by atoms with Crippen molar-refractivity contribution in [2.45, 2.75) is 44.4 Å². The Labute approximate surface area is 82.8 Å². The van der Waals surface area contributed by atoms with Gasteiger partial charge in [0.25, 0.3) is 0 Å².